The summed E-state index contributed by atoms with van der Waals surface area (Å²) in [6.45, 7) is 3.73. The number of esters is 1. The summed E-state index contributed by atoms with van der Waals surface area (Å²) in [5, 5.41) is 7.73. The van der Waals surface area contributed by atoms with Crippen LogP contribution in [0.2, 0.25) is 0 Å². The lowest BCUT2D eigenvalue weighted by molar-refractivity contribution is 0.0527. The average molecular weight is 387 g/mol. The van der Waals surface area contributed by atoms with Crippen LogP contribution in [0.25, 0.3) is 0 Å². The Balaban J connectivity index is 1.70. The van der Waals surface area contributed by atoms with Crippen LogP contribution < -0.4 is 10.6 Å². The lowest BCUT2D eigenvalue weighted by Crippen LogP contribution is -2.35. The fourth-order valence-corrected chi connectivity index (χ4v) is 5.52. The molecule has 8 heteroatoms. The Labute approximate surface area is 155 Å². The maximum atomic E-state index is 12.4. The number of anilines is 1. The first-order chi connectivity index (χ1) is 11.7. The first-order valence-electron chi connectivity index (χ1n) is 8.25. The van der Waals surface area contributed by atoms with Gasteiger partial charge in [-0.2, -0.15) is 11.8 Å². The molecule has 0 amide bonds. The zero-order chi connectivity index (χ0) is 16.9. The molecule has 0 radical (unpaired) electrons. The smallest absolute Gasteiger partial charge is 0.341 e. The highest BCUT2D eigenvalue weighted by Gasteiger charge is 2.27. The van der Waals surface area contributed by atoms with Gasteiger partial charge in [-0.1, -0.05) is 0 Å². The van der Waals surface area contributed by atoms with Crippen molar-refractivity contribution in [3.8, 4) is 0 Å². The maximum Gasteiger partial charge on any atom is 0.341 e. The second kappa shape index (κ2) is 8.51. The summed E-state index contributed by atoms with van der Waals surface area (Å²) in [6.07, 6.45) is 3.30. The van der Waals surface area contributed by atoms with Gasteiger partial charge in [0, 0.05) is 23.8 Å². The van der Waals surface area contributed by atoms with E-state index in [0.29, 0.717) is 23.8 Å². The molecule has 0 aromatic carbocycles. The topological polar surface area (TPSA) is 59.6 Å². The van der Waals surface area contributed by atoms with Crippen LogP contribution in [0.5, 0.6) is 0 Å². The number of ether oxygens (including phenoxy) is 2. The first-order valence-corrected chi connectivity index (χ1v) is 10.6. The number of rotatable bonds is 5. The molecule has 1 unspecified atom stereocenters. The number of hydrogen-bond donors (Lipinski definition) is 2. The van der Waals surface area contributed by atoms with Crippen LogP contribution in [0.1, 0.15) is 40.6 Å². The Morgan fingerprint density at radius 2 is 2.38 bits per heavy atom. The Kier molecular flexibility index (Phi) is 6.37. The molecular weight excluding hydrogens is 364 g/mol. The van der Waals surface area contributed by atoms with Crippen molar-refractivity contribution in [2.75, 3.05) is 30.8 Å². The van der Waals surface area contributed by atoms with E-state index in [1.807, 2.05) is 18.7 Å². The lowest BCUT2D eigenvalue weighted by Gasteiger charge is -2.14. The number of thiophene rings is 1. The molecule has 2 aliphatic rings. The minimum absolute atomic E-state index is 0.224. The van der Waals surface area contributed by atoms with Crippen LogP contribution >= 0.6 is 35.3 Å². The minimum Gasteiger partial charge on any atom is -0.462 e. The molecule has 24 heavy (non-hydrogen) atoms. The molecule has 0 bridgehead atoms. The van der Waals surface area contributed by atoms with Crippen molar-refractivity contribution in [2.24, 2.45) is 0 Å². The number of carbonyl (C=O) groups excluding carboxylic acids is 1. The molecule has 1 fully saturated rings. The number of fused-ring (bicyclic) bond motifs is 1. The molecule has 1 saturated heterocycles. The zero-order valence-corrected chi connectivity index (χ0v) is 16.1. The third-order valence-corrected chi connectivity index (χ3v) is 6.60. The van der Waals surface area contributed by atoms with E-state index in [9.17, 15) is 4.79 Å². The largest absolute Gasteiger partial charge is 0.462 e. The van der Waals surface area contributed by atoms with Crippen molar-refractivity contribution in [3.63, 3.8) is 0 Å². The van der Waals surface area contributed by atoms with Crippen molar-refractivity contribution in [2.45, 2.75) is 38.0 Å². The quantitative estimate of drug-likeness (QED) is 0.595. The zero-order valence-electron chi connectivity index (χ0n) is 13.7. The normalized spacial score (nSPS) is 19.6. The average Bonchev–Trinajstić information content (AvgIpc) is 3.20. The molecule has 0 aliphatic carbocycles. The lowest BCUT2D eigenvalue weighted by atomic mass is 10.1. The summed E-state index contributed by atoms with van der Waals surface area (Å²) >= 11 is 8.90. The monoisotopic (exact) mass is 386 g/mol. The van der Waals surface area contributed by atoms with Gasteiger partial charge >= 0.3 is 5.97 Å². The summed E-state index contributed by atoms with van der Waals surface area (Å²) in [5.41, 5.74) is 1.79. The molecule has 2 N–H and O–H groups in total. The van der Waals surface area contributed by atoms with Crippen LogP contribution in [0.4, 0.5) is 5.00 Å². The van der Waals surface area contributed by atoms with E-state index in [4.69, 9.17) is 21.7 Å². The molecule has 132 valence electrons. The van der Waals surface area contributed by atoms with Gasteiger partial charge in [-0.15, -0.1) is 11.3 Å². The van der Waals surface area contributed by atoms with Crippen LogP contribution in [0, 0.1) is 0 Å². The van der Waals surface area contributed by atoms with Gasteiger partial charge in [-0.3, -0.25) is 0 Å². The van der Waals surface area contributed by atoms with Gasteiger partial charge in [0.25, 0.3) is 0 Å². The Bertz CT molecular complexity index is 612. The third-order valence-electron chi connectivity index (χ3n) is 4.04. The minimum atomic E-state index is -0.258. The summed E-state index contributed by atoms with van der Waals surface area (Å²) in [6, 6.07) is 0. The van der Waals surface area contributed by atoms with E-state index in [1.165, 1.54) is 4.88 Å². The standard InChI is InChI=1S/C16H22N2O3S3/c1-2-20-15(19)13-11-5-7-23-9-12(11)24-14(13)18-16(22)17-8-10-4-3-6-21-10/h10H,2-9H2,1H3,(H2,17,18,22). The van der Waals surface area contributed by atoms with Crippen molar-refractivity contribution < 1.29 is 14.3 Å². The summed E-state index contributed by atoms with van der Waals surface area (Å²) < 4.78 is 10.8. The van der Waals surface area contributed by atoms with Crippen molar-refractivity contribution in [1.82, 2.24) is 5.32 Å². The highest BCUT2D eigenvalue weighted by atomic mass is 32.2. The number of carbonyl (C=O) groups is 1. The summed E-state index contributed by atoms with van der Waals surface area (Å²) in [4.78, 5) is 13.6. The van der Waals surface area contributed by atoms with E-state index in [0.717, 1.165) is 47.9 Å². The molecule has 1 atom stereocenters. The summed E-state index contributed by atoms with van der Waals surface area (Å²) in [5.74, 6) is 1.73. The van der Waals surface area contributed by atoms with Crippen LogP contribution in [0.15, 0.2) is 0 Å². The first kappa shape index (κ1) is 18.0. The van der Waals surface area contributed by atoms with Crippen molar-refractivity contribution in [3.05, 3.63) is 16.0 Å². The fraction of sp³-hybridized carbons (Fsp3) is 0.625. The van der Waals surface area contributed by atoms with Gasteiger partial charge in [0.1, 0.15) is 5.00 Å². The van der Waals surface area contributed by atoms with E-state index in [-0.39, 0.29) is 12.1 Å². The number of thioether (sulfide) groups is 1. The predicted octanol–water partition coefficient (Wildman–Crippen LogP) is 3.18. The van der Waals surface area contributed by atoms with Gasteiger partial charge in [0.2, 0.25) is 0 Å². The van der Waals surface area contributed by atoms with Gasteiger partial charge in [0.15, 0.2) is 5.11 Å². The van der Waals surface area contributed by atoms with Gasteiger partial charge in [0.05, 0.1) is 18.3 Å². The molecule has 3 rings (SSSR count). The Hall–Kier alpha value is -0.830. The van der Waals surface area contributed by atoms with E-state index in [1.54, 1.807) is 11.3 Å². The number of thiocarbonyl (C=S) groups is 1. The van der Waals surface area contributed by atoms with Gasteiger partial charge in [-0.25, -0.2) is 4.79 Å². The highest BCUT2D eigenvalue weighted by molar-refractivity contribution is 7.98. The molecule has 1 aromatic heterocycles. The Morgan fingerprint density at radius 1 is 1.50 bits per heavy atom. The molecule has 0 saturated carbocycles. The molecular formula is C16H22N2O3S3. The van der Waals surface area contributed by atoms with Gasteiger partial charge < -0.3 is 20.1 Å². The second-order valence-corrected chi connectivity index (χ2v) is 8.32. The second-order valence-electron chi connectivity index (χ2n) is 5.70. The molecule has 3 heterocycles. The highest BCUT2D eigenvalue weighted by Crippen LogP contribution is 2.39. The predicted molar refractivity (Wildman–Crippen MR) is 103 cm³/mol. The van der Waals surface area contributed by atoms with E-state index in [2.05, 4.69) is 10.6 Å². The molecule has 5 nitrogen and oxygen atoms in total. The maximum absolute atomic E-state index is 12.4. The molecule has 0 spiro atoms. The Morgan fingerprint density at radius 3 is 3.12 bits per heavy atom. The SMILES string of the molecule is CCOC(=O)c1c(NC(=S)NCC2CCCO2)sc2c1CCSC2. The molecule has 2 aliphatic heterocycles. The van der Waals surface area contributed by atoms with Crippen LogP contribution in [-0.4, -0.2) is 42.7 Å². The number of nitrogens with one attached hydrogen (secondary N) is 2. The fourth-order valence-electron chi connectivity index (χ4n) is 2.90. The third kappa shape index (κ3) is 4.22. The summed E-state index contributed by atoms with van der Waals surface area (Å²) in [7, 11) is 0. The van der Waals surface area contributed by atoms with Crippen LogP contribution in [-0.2, 0) is 21.6 Å². The molecule has 1 aromatic rings. The number of hydrogen-bond acceptors (Lipinski definition) is 6. The van der Waals surface area contributed by atoms with E-state index < -0.39 is 0 Å². The van der Waals surface area contributed by atoms with Gasteiger partial charge in [-0.05, 0) is 49.7 Å². The van der Waals surface area contributed by atoms with Crippen molar-refractivity contribution in [1.29, 1.82) is 0 Å². The van der Waals surface area contributed by atoms with Crippen molar-refractivity contribution >= 4 is 51.4 Å². The van der Waals surface area contributed by atoms with E-state index >= 15 is 0 Å². The van der Waals surface area contributed by atoms with Crippen LogP contribution in [0.3, 0.4) is 0 Å².